The zero-order chi connectivity index (χ0) is 21.3. The van der Waals surface area contributed by atoms with Gasteiger partial charge in [-0.3, -0.25) is 10.2 Å². The highest BCUT2D eigenvalue weighted by atomic mass is 32.2. The van der Waals surface area contributed by atoms with Crippen LogP contribution in [0.25, 0.3) is 33.5 Å². The Balaban J connectivity index is 1.74. The fraction of sp³-hybridized carbons (Fsp3) is 0.167. The smallest absolute Gasteiger partial charge is 0.213 e. The molecule has 0 atom stereocenters. The number of pyridine rings is 1. The lowest BCUT2D eigenvalue weighted by atomic mass is 9.94. The van der Waals surface area contributed by atoms with Crippen molar-refractivity contribution in [1.82, 2.24) is 15.2 Å². The lowest BCUT2D eigenvalue weighted by Gasteiger charge is -2.13. The van der Waals surface area contributed by atoms with Crippen LogP contribution in [0.1, 0.15) is 16.8 Å². The molecule has 2 aromatic carbocycles. The van der Waals surface area contributed by atoms with Crippen molar-refractivity contribution >= 4 is 11.9 Å². The first-order valence-electron chi connectivity index (χ1n) is 9.66. The van der Waals surface area contributed by atoms with Gasteiger partial charge in [-0.2, -0.15) is 5.10 Å². The van der Waals surface area contributed by atoms with E-state index in [1.54, 1.807) is 13.3 Å². The van der Waals surface area contributed by atoms with Crippen LogP contribution in [-0.4, -0.2) is 22.3 Å². The number of benzene rings is 2. The summed E-state index contributed by atoms with van der Waals surface area (Å²) in [5.74, 6) is 0.569. The number of methoxy groups -OCH3 is 1. The predicted octanol–water partition coefficient (Wildman–Crippen LogP) is 5.71. The quantitative estimate of drug-likeness (QED) is 0.408. The molecule has 0 aliphatic rings. The number of ether oxygens (including phenoxy) is 1. The van der Waals surface area contributed by atoms with Gasteiger partial charge in [0.05, 0.1) is 7.11 Å². The van der Waals surface area contributed by atoms with Gasteiger partial charge in [0.1, 0.15) is 5.69 Å². The average Bonchev–Trinajstić information content (AvgIpc) is 3.17. The Bertz CT molecular complexity index is 1200. The molecule has 2 aromatic heterocycles. The standard InChI is InChI=1S/C24H24N4OS/c1-14-15(2)21(30-25)10-9-20(14)17-5-7-18(8-6-17)23-16(3)27-28-24(23)19-11-12-26-22(13-19)29-4/h5-13H,25H2,1-4H3,(H,27,28). The third kappa shape index (κ3) is 3.60. The van der Waals surface area contributed by atoms with Gasteiger partial charge in [-0.25, -0.2) is 4.98 Å². The Labute approximate surface area is 180 Å². The van der Waals surface area contributed by atoms with E-state index in [0.29, 0.717) is 5.88 Å². The highest BCUT2D eigenvalue weighted by molar-refractivity contribution is 7.97. The molecule has 0 saturated carbocycles. The molecule has 152 valence electrons. The molecular weight excluding hydrogens is 392 g/mol. The molecule has 3 N–H and O–H groups in total. The van der Waals surface area contributed by atoms with Gasteiger partial charge in [-0.05, 0) is 72.7 Å². The molecule has 6 heteroatoms. The number of aromatic nitrogens is 3. The normalized spacial score (nSPS) is 11.0. The fourth-order valence-corrected chi connectivity index (χ4v) is 4.19. The van der Waals surface area contributed by atoms with Crippen molar-refractivity contribution in [2.45, 2.75) is 25.7 Å². The second kappa shape index (κ2) is 8.34. The number of aryl methyl sites for hydroxylation is 1. The second-order valence-electron chi connectivity index (χ2n) is 7.22. The lowest BCUT2D eigenvalue weighted by molar-refractivity contribution is 0.398. The van der Waals surface area contributed by atoms with Crippen LogP contribution in [0.15, 0.2) is 59.6 Å². The summed E-state index contributed by atoms with van der Waals surface area (Å²) in [7, 11) is 1.62. The molecule has 0 amide bonds. The van der Waals surface area contributed by atoms with E-state index in [-0.39, 0.29) is 0 Å². The number of hydrogen-bond donors (Lipinski definition) is 2. The van der Waals surface area contributed by atoms with Crippen LogP contribution in [0.4, 0.5) is 0 Å². The van der Waals surface area contributed by atoms with Gasteiger partial charge in [0, 0.05) is 34.0 Å². The van der Waals surface area contributed by atoms with E-state index in [2.05, 4.69) is 65.4 Å². The first-order chi connectivity index (χ1) is 14.5. The number of hydrogen-bond acceptors (Lipinski definition) is 5. The van der Waals surface area contributed by atoms with Crippen molar-refractivity contribution in [3.8, 4) is 39.4 Å². The molecule has 4 rings (SSSR count). The summed E-state index contributed by atoms with van der Waals surface area (Å²) in [5.41, 5.74) is 9.94. The summed E-state index contributed by atoms with van der Waals surface area (Å²) in [6.45, 7) is 6.30. The molecule has 0 aliphatic carbocycles. The highest BCUT2D eigenvalue weighted by Crippen LogP contribution is 2.36. The maximum Gasteiger partial charge on any atom is 0.213 e. The summed E-state index contributed by atoms with van der Waals surface area (Å²) >= 11 is 1.29. The third-order valence-electron chi connectivity index (χ3n) is 5.51. The molecule has 2 heterocycles. The van der Waals surface area contributed by atoms with Crippen molar-refractivity contribution in [2.75, 3.05) is 7.11 Å². The molecule has 0 fully saturated rings. The summed E-state index contributed by atoms with van der Waals surface area (Å²) in [6, 6.07) is 16.7. The van der Waals surface area contributed by atoms with Gasteiger partial charge in [0.2, 0.25) is 5.88 Å². The molecule has 5 nitrogen and oxygen atoms in total. The van der Waals surface area contributed by atoms with Gasteiger partial charge >= 0.3 is 0 Å². The van der Waals surface area contributed by atoms with Crippen molar-refractivity contribution in [2.24, 2.45) is 5.14 Å². The Morgan fingerprint density at radius 1 is 0.900 bits per heavy atom. The third-order valence-corrected chi connectivity index (χ3v) is 6.21. The zero-order valence-electron chi connectivity index (χ0n) is 17.5. The summed E-state index contributed by atoms with van der Waals surface area (Å²) in [6.07, 6.45) is 1.74. The van der Waals surface area contributed by atoms with Crippen LogP contribution in [0.5, 0.6) is 5.88 Å². The molecule has 0 spiro atoms. The first-order valence-corrected chi connectivity index (χ1v) is 10.5. The zero-order valence-corrected chi connectivity index (χ0v) is 18.3. The number of rotatable bonds is 5. The number of H-pyrrole nitrogens is 1. The minimum absolute atomic E-state index is 0.569. The SMILES string of the molecule is COc1cc(-c2n[nH]c(C)c2-c2ccc(-c3ccc(SN)c(C)c3C)cc2)ccn1. The van der Waals surface area contributed by atoms with E-state index in [4.69, 9.17) is 9.88 Å². The van der Waals surface area contributed by atoms with Crippen molar-refractivity contribution < 1.29 is 4.74 Å². The van der Waals surface area contributed by atoms with Crippen LogP contribution in [0, 0.1) is 20.8 Å². The maximum absolute atomic E-state index is 5.77. The van der Waals surface area contributed by atoms with Crippen molar-refractivity contribution in [1.29, 1.82) is 0 Å². The highest BCUT2D eigenvalue weighted by Gasteiger charge is 2.16. The monoisotopic (exact) mass is 416 g/mol. The van der Waals surface area contributed by atoms with Gasteiger partial charge in [-0.15, -0.1) is 0 Å². The largest absolute Gasteiger partial charge is 0.481 e. The molecule has 0 unspecified atom stereocenters. The van der Waals surface area contributed by atoms with E-state index in [0.717, 1.165) is 33.0 Å². The topological polar surface area (TPSA) is 76.8 Å². The Morgan fingerprint density at radius 2 is 1.63 bits per heavy atom. The van der Waals surface area contributed by atoms with Crippen LogP contribution in [-0.2, 0) is 0 Å². The molecule has 0 aliphatic heterocycles. The summed E-state index contributed by atoms with van der Waals surface area (Å²) in [5, 5.41) is 13.4. The number of nitrogens with one attached hydrogen (secondary N) is 1. The molecule has 0 saturated heterocycles. The van der Waals surface area contributed by atoms with Crippen LogP contribution in [0.3, 0.4) is 0 Å². The molecule has 4 aromatic rings. The van der Waals surface area contributed by atoms with E-state index in [9.17, 15) is 0 Å². The number of nitrogens with zero attached hydrogens (tertiary/aromatic N) is 2. The van der Waals surface area contributed by atoms with Crippen LogP contribution < -0.4 is 9.88 Å². The van der Waals surface area contributed by atoms with Gasteiger partial charge in [0.15, 0.2) is 0 Å². The summed E-state index contributed by atoms with van der Waals surface area (Å²) < 4.78 is 5.27. The number of aromatic amines is 1. The lowest BCUT2D eigenvalue weighted by Crippen LogP contribution is -1.92. The van der Waals surface area contributed by atoms with Crippen LogP contribution >= 0.6 is 11.9 Å². The second-order valence-corrected chi connectivity index (χ2v) is 7.89. The van der Waals surface area contributed by atoms with E-state index >= 15 is 0 Å². The Kier molecular flexibility index (Phi) is 5.61. The predicted molar refractivity (Wildman–Crippen MR) is 123 cm³/mol. The first kappa shape index (κ1) is 20.2. The van der Waals surface area contributed by atoms with E-state index in [1.807, 2.05) is 19.1 Å². The fourth-order valence-electron chi connectivity index (χ4n) is 3.71. The summed E-state index contributed by atoms with van der Waals surface area (Å²) in [4.78, 5) is 5.31. The van der Waals surface area contributed by atoms with Crippen molar-refractivity contribution in [3.63, 3.8) is 0 Å². The number of nitrogens with two attached hydrogens (primary N) is 1. The Hall–Kier alpha value is -3.09. The molecule has 0 radical (unpaired) electrons. The molecule has 30 heavy (non-hydrogen) atoms. The van der Waals surface area contributed by atoms with E-state index in [1.165, 1.54) is 34.2 Å². The van der Waals surface area contributed by atoms with Gasteiger partial charge < -0.3 is 4.74 Å². The minimum atomic E-state index is 0.569. The van der Waals surface area contributed by atoms with Crippen LogP contribution in [0.2, 0.25) is 0 Å². The van der Waals surface area contributed by atoms with Gasteiger partial charge in [-0.1, -0.05) is 30.3 Å². The van der Waals surface area contributed by atoms with Crippen molar-refractivity contribution in [3.05, 3.63) is 71.5 Å². The van der Waals surface area contributed by atoms with Gasteiger partial charge in [0.25, 0.3) is 0 Å². The van der Waals surface area contributed by atoms with E-state index < -0.39 is 0 Å². The Morgan fingerprint density at radius 3 is 2.33 bits per heavy atom. The maximum atomic E-state index is 5.77. The average molecular weight is 417 g/mol. The minimum Gasteiger partial charge on any atom is -0.481 e. The molecule has 0 bridgehead atoms. The molecular formula is C24H24N4OS.